The van der Waals surface area contributed by atoms with Gasteiger partial charge in [0.1, 0.15) is 5.75 Å². The summed E-state index contributed by atoms with van der Waals surface area (Å²) in [6.45, 7) is 3.42. The van der Waals surface area contributed by atoms with Crippen LogP contribution in [0.3, 0.4) is 0 Å². The Bertz CT molecular complexity index is 1110. The third-order valence-electron chi connectivity index (χ3n) is 4.59. The van der Waals surface area contributed by atoms with Gasteiger partial charge in [0.25, 0.3) is 17.7 Å². The largest absolute Gasteiger partial charge is 0.481 e. The van der Waals surface area contributed by atoms with Gasteiger partial charge < -0.3 is 10.1 Å². The van der Waals surface area contributed by atoms with Crippen molar-refractivity contribution in [3.05, 3.63) is 94.5 Å². The molecule has 0 heterocycles. The number of benzene rings is 3. The fraction of sp³-hybridized carbons (Fsp3) is 0.125. The summed E-state index contributed by atoms with van der Waals surface area (Å²) in [5.74, 6) is -0.779. The van der Waals surface area contributed by atoms with E-state index in [0.29, 0.717) is 27.6 Å². The van der Waals surface area contributed by atoms with Crippen LogP contribution in [0.4, 0.5) is 5.69 Å². The number of aryl methyl sites for hydroxylation is 1. The van der Waals surface area contributed by atoms with Crippen LogP contribution >= 0.6 is 11.6 Å². The minimum absolute atomic E-state index is 0.234. The summed E-state index contributed by atoms with van der Waals surface area (Å²) in [7, 11) is 0. The summed E-state index contributed by atoms with van der Waals surface area (Å²) in [5, 5.41) is 3.35. The molecule has 7 nitrogen and oxygen atoms in total. The summed E-state index contributed by atoms with van der Waals surface area (Å²) in [4.78, 5) is 36.8. The monoisotopic (exact) mass is 451 g/mol. The van der Waals surface area contributed by atoms with Crippen LogP contribution in [-0.2, 0) is 4.79 Å². The van der Waals surface area contributed by atoms with E-state index in [2.05, 4.69) is 16.2 Å². The average Bonchev–Trinajstić information content (AvgIpc) is 2.79. The van der Waals surface area contributed by atoms with E-state index in [0.717, 1.165) is 5.56 Å². The Morgan fingerprint density at radius 2 is 1.50 bits per heavy atom. The van der Waals surface area contributed by atoms with Gasteiger partial charge in [-0.05, 0) is 74.0 Å². The lowest BCUT2D eigenvalue weighted by Crippen LogP contribution is -2.47. The number of ether oxygens (including phenoxy) is 1. The van der Waals surface area contributed by atoms with Crippen molar-refractivity contribution in [1.29, 1.82) is 0 Å². The summed E-state index contributed by atoms with van der Waals surface area (Å²) < 4.78 is 5.50. The van der Waals surface area contributed by atoms with Gasteiger partial charge in [-0.2, -0.15) is 0 Å². The molecule has 0 aliphatic carbocycles. The summed E-state index contributed by atoms with van der Waals surface area (Å²) in [6.07, 6.45) is -0.837. The molecule has 3 rings (SSSR count). The summed E-state index contributed by atoms with van der Waals surface area (Å²) in [5.41, 5.74) is 6.97. The van der Waals surface area contributed by atoms with Crippen LogP contribution in [-0.4, -0.2) is 23.8 Å². The van der Waals surface area contributed by atoms with E-state index in [-0.39, 0.29) is 5.91 Å². The van der Waals surface area contributed by atoms with Crippen molar-refractivity contribution in [1.82, 2.24) is 10.9 Å². The van der Waals surface area contributed by atoms with E-state index in [1.807, 2.05) is 19.1 Å². The molecule has 0 radical (unpaired) electrons. The van der Waals surface area contributed by atoms with Gasteiger partial charge in [0, 0.05) is 21.8 Å². The van der Waals surface area contributed by atoms with Crippen molar-refractivity contribution in [3.8, 4) is 5.75 Å². The smallest absolute Gasteiger partial charge is 0.279 e. The Hall–Kier alpha value is -3.84. The van der Waals surface area contributed by atoms with E-state index in [1.165, 1.54) is 0 Å². The number of anilines is 1. The predicted octanol–water partition coefficient (Wildman–Crippen LogP) is 4.13. The number of amides is 3. The maximum absolute atomic E-state index is 12.4. The van der Waals surface area contributed by atoms with Crippen LogP contribution < -0.4 is 20.9 Å². The normalized spacial score (nSPS) is 11.2. The molecular formula is C24H22ClN3O4. The fourth-order valence-electron chi connectivity index (χ4n) is 2.79. The molecule has 0 saturated carbocycles. The van der Waals surface area contributed by atoms with Crippen molar-refractivity contribution in [2.45, 2.75) is 20.0 Å². The second-order valence-electron chi connectivity index (χ2n) is 7.00. The fourth-order valence-corrected chi connectivity index (χ4v) is 2.92. The summed E-state index contributed by atoms with van der Waals surface area (Å²) >= 11 is 5.82. The first-order valence-corrected chi connectivity index (χ1v) is 10.2. The highest BCUT2D eigenvalue weighted by atomic mass is 35.5. The van der Waals surface area contributed by atoms with Crippen LogP contribution in [0.1, 0.15) is 33.2 Å². The number of hydrogen-bond acceptors (Lipinski definition) is 4. The molecule has 3 amide bonds. The zero-order chi connectivity index (χ0) is 23.1. The quantitative estimate of drug-likeness (QED) is 0.491. The molecule has 32 heavy (non-hydrogen) atoms. The van der Waals surface area contributed by atoms with Crippen LogP contribution in [0.25, 0.3) is 0 Å². The Balaban J connectivity index is 1.51. The van der Waals surface area contributed by atoms with Crippen LogP contribution in [0, 0.1) is 6.92 Å². The second kappa shape index (κ2) is 10.5. The van der Waals surface area contributed by atoms with Crippen LogP contribution in [0.5, 0.6) is 5.75 Å². The number of hydrogen-bond donors (Lipinski definition) is 3. The number of carbonyl (C=O) groups is 3. The Labute approximate surface area is 190 Å². The van der Waals surface area contributed by atoms with Crippen molar-refractivity contribution in [2.24, 2.45) is 0 Å². The molecule has 3 aromatic rings. The number of carbonyl (C=O) groups excluding carboxylic acids is 3. The minimum Gasteiger partial charge on any atom is -0.481 e. The first-order chi connectivity index (χ1) is 15.3. The zero-order valence-corrected chi connectivity index (χ0v) is 18.3. The van der Waals surface area contributed by atoms with Crippen LogP contribution in [0.2, 0.25) is 5.02 Å². The molecule has 0 saturated heterocycles. The number of hydrazine groups is 1. The zero-order valence-electron chi connectivity index (χ0n) is 17.5. The average molecular weight is 452 g/mol. The molecule has 164 valence electrons. The minimum atomic E-state index is -0.837. The number of rotatable bonds is 6. The molecule has 0 aliphatic heterocycles. The lowest BCUT2D eigenvalue weighted by molar-refractivity contribution is -0.128. The van der Waals surface area contributed by atoms with E-state index in [1.54, 1.807) is 67.6 Å². The van der Waals surface area contributed by atoms with E-state index in [9.17, 15) is 14.4 Å². The molecule has 0 aromatic heterocycles. The number of halogens is 1. The predicted molar refractivity (Wildman–Crippen MR) is 123 cm³/mol. The first-order valence-electron chi connectivity index (χ1n) is 9.83. The Kier molecular flexibility index (Phi) is 7.46. The molecule has 3 aromatic carbocycles. The molecule has 1 unspecified atom stereocenters. The third-order valence-corrected chi connectivity index (χ3v) is 4.84. The molecule has 8 heteroatoms. The van der Waals surface area contributed by atoms with Gasteiger partial charge in [0.15, 0.2) is 6.10 Å². The molecule has 3 N–H and O–H groups in total. The molecule has 0 spiro atoms. The third kappa shape index (κ3) is 6.09. The van der Waals surface area contributed by atoms with E-state index in [4.69, 9.17) is 16.3 Å². The highest BCUT2D eigenvalue weighted by Crippen LogP contribution is 2.17. The van der Waals surface area contributed by atoms with Gasteiger partial charge in [-0.1, -0.05) is 29.8 Å². The lowest BCUT2D eigenvalue weighted by Gasteiger charge is -2.15. The van der Waals surface area contributed by atoms with Gasteiger partial charge in [0.05, 0.1) is 0 Å². The molecule has 0 bridgehead atoms. The van der Waals surface area contributed by atoms with Gasteiger partial charge in [0.2, 0.25) is 0 Å². The Morgan fingerprint density at radius 3 is 2.16 bits per heavy atom. The van der Waals surface area contributed by atoms with Gasteiger partial charge in [-0.25, -0.2) is 0 Å². The van der Waals surface area contributed by atoms with E-state index < -0.39 is 17.9 Å². The maximum Gasteiger partial charge on any atom is 0.279 e. The molecule has 0 fully saturated rings. The van der Waals surface area contributed by atoms with E-state index >= 15 is 0 Å². The standard InChI is InChI=1S/C24H22ClN3O4/c1-15-5-3-4-6-21(15)24(31)26-19-11-7-17(8-12-19)23(30)28-27-22(29)16(2)32-20-13-9-18(25)10-14-20/h3-14,16H,1-2H3,(H,26,31)(H,27,29)(H,28,30). The maximum atomic E-state index is 12.4. The summed E-state index contributed by atoms with van der Waals surface area (Å²) in [6, 6.07) is 20.2. The van der Waals surface area contributed by atoms with Crippen molar-refractivity contribution in [3.63, 3.8) is 0 Å². The van der Waals surface area contributed by atoms with Crippen molar-refractivity contribution in [2.75, 3.05) is 5.32 Å². The van der Waals surface area contributed by atoms with Gasteiger partial charge >= 0.3 is 0 Å². The van der Waals surface area contributed by atoms with Gasteiger partial charge in [-0.3, -0.25) is 25.2 Å². The highest BCUT2D eigenvalue weighted by Gasteiger charge is 2.16. The number of nitrogens with one attached hydrogen (secondary N) is 3. The second-order valence-corrected chi connectivity index (χ2v) is 7.44. The lowest BCUT2D eigenvalue weighted by atomic mass is 10.1. The molecular weight excluding hydrogens is 430 g/mol. The topological polar surface area (TPSA) is 96.5 Å². The first kappa shape index (κ1) is 22.8. The molecule has 0 aliphatic rings. The SMILES string of the molecule is Cc1ccccc1C(=O)Nc1ccc(C(=O)NNC(=O)C(C)Oc2ccc(Cl)cc2)cc1. The highest BCUT2D eigenvalue weighted by molar-refractivity contribution is 6.30. The van der Waals surface area contributed by atoms with Crippen LogP contribution in [0.15, 0.2) is 72.8 Å². The van der Waals surface area contributed by atoms with Crippen molar-refractivity contribution < 1.29 is 19.1 Å². The molecule has 1 atom stereocenters. The van der Waals surface area contributed by atoms with Gasteiger partial charge in [-0.15, -0.1) is 0 Å². The van der Waals surface area contributed by atoms with Crippen molar-refractivity contribution >= 4 is 35.0 Å². The Morgan fingerprint density at radius 1 is 0.844 bits per heavy atom.